The zero-order chi connectivity index (χ0) is 14.4. The second-order valence-electron chi connectivity index (χ2n) is 5.33. The molecule has 0 aliphatic rings. The number of aromatic nitrogens is 3. The van der Waals surface area contributed by atoms with Crippen LogP contribution in [0.25, 0.3) is 0 Å². The first-order chi connectivity index (χ1) is 9.69. The van der Waals surface area contributed by atoms with E-state index in [1.54, 1.807) is 6.33 Å². The maximum Gasteiger partial charge on any atom is 0.140 e. The van der Waals surface area contributed by atoms with Gasteiger partial charge in [-0.15, -0.1) is 0 Å². The summed E-state index contributed by atoms with van der Waals surface area (Å²) in [5.41, 5.74) is 2.13. The van der Waals surface area contributed by atoms with Crippen LogP contribution >= 0.6 is 0 Å². The number of benzene rings is 1. The number of nitrogens with zero attached hydrogens (tertiary/aromatic N) is 3. The number of hydrogen-bond acceptors (Lipinski definition) is 4. The van der Waals surface area contributed by atoms with Crippen LogP contribution in [-0.4, -0.2) is 19.9 Å². The van der Waals surface area contributed by atoms with Crippen molar-refractivity contribution in [3.05, 3.63) is 47.5 Å². The molecule has 2 aromatic rings. The van der Waals surface area contributed by atoms with Gasteiger partial charge in [0.25, 0.3) is 0 Å². The molecular formula is C15H22N4O. The highest BCUT2D eigenvalue weighted by Gasteiger charge is 2.05. The highest BCUT2D eigenvalue weighted by Crippen LogP contribution is 2.05. The summed E-state index contributed by atoms with van der Waals surface area (Å²) in [7, 11) is 0. The molecule has 0 aliphatic heterocycles. The lowest BCUT2D eigenvalue weighted by atomic mass is 10.1. The van der Waals surface area contributed by atoms with Crippen LogP contribution in [0.5, 0.6) is 0 Å². The third kappa shape index (κ3) is 4.15. The molecule has 2 N–H and O–H groups in total. The van der Waals surface area contributed by atoms with E-state index in [0.717, 1.165) is 24.5 Å². The minimum Gasteiger partial charge on any atom is -0.392 e. The van der Waals surface area contributed by atoms with Gasteiger partial charge in [0, 0.05) is 13.1 Å². The normalized spacial score (nSPS) is 11.2. The third-order valence-electron chi connectivity index (χ3n) is 3.05. The van der Waals surface area contributed by atoms with E-state index in [0.29, 0.717) is 12.5 Å². The van der Waals surface area contributed by atoms with Crippen LogP contribution in [0.3, 0.4) is 0 Å². The first-order valence-corrected chi connectivity index (χ1v) is 6.95. The molecule has 0 amide bonds. The Morgan fingerprint density at radius 2 is 1.85 bits per heavy atom. The lowest BCUT2D eigenvalue weighted by Crippen LogP contribution is -2.18. The summed E-state index contributed by atoms with van der Waals surface area (Å²) in [6, 6.07) is 7.94. The molecule has 5 nitrogen and oxygen atoms in total. The molecule has 0 radical (unpaired) electrons. The van der Waals surface area contributed by atoms with Crippen LogP contribution in [0.2, 0.25) is 0 Å². The Balaban J connectivity index is 1.84. The summed E-state index contributed by atoms with van der Waals surface area (Å²) in [5, 5.41) is 16.6. The Morgan fingerprint density at radius 3 is 2.50 bits per heavy atom. The minimum absolute atomic E-state index is 0.0893. The number of hydrogen-bond donors (Lipinski definition) is 2. The van der Waals surface area contributed by atoms with Gasteiger partial charge in [0.2, 0.25) is 0 Å². The molecule has 1 aromatic carbocycles. The lowest BCUT2D eigenvalue weighted by Gasteiger charge is -2.09. The number of aliphatic hydroxyl groups is 1. The van der Waals surface area contributed by atoms with Crippen molar-refractivity contribution in [1.82, 2.24) is 20.1 Å². The molecule has 1 heterocycles. The standard InChI is InChI=1S/C15H22N4O/c1-12(2)9-19-15(17-11-18-19)8-16-7-13-3-5-14(10-20)6-4-13/h3-6,11-12,16,20H,7-10H2,1-2H3. The van der Waals surface area contributed by atoms with Gasteiger partial charge in [-0.1, -0.05) is 38.1 Å². The largest absolute Gasteiger partial charge is 0.392 e. The van der Waals surface area contributed by atoms with Gasteiger partial charge in [-0.05, 0) is 17.0 Å². The Labute approximate surface area is 119 Å². The second-order valence-corrected chi connectivity index (χ2v) is 5.33. The summed E-state index contributed by atoms with van der Waals surface area (Å²) in [5.74, 6) is 1.52. The van der Waals surface area contributed by atoms with E-state index in [2.05, 4.69) is 29.2 Å². The minimum atomic E-state index is 0.0893. The van der Waals surface area contributed by atoms with Crippen molar-refractivity contribution in [2.75, 3.05) is 0 Å². The molecule has 2 rings (SSSR count). The van der Waals surface area contributed by atoms with Gasteiger partial charge < -0.3 is 10.4 Å². The Kier molecular flexibility index (Phi) is 5.26. The summed E-state index contributed by atoms with van der Waals surface area (Å²) in [6.45, 7) is 6.80. The molecule has 0 fully saturated rings. The Hall–Kier alpha value is -1.72. The van der Waals surface area contributed by atoms with Crippen molar-refractivity contribution < 1.29 is 5.11 Å². The zero-order valence-electron chi connectivity index (χ0n) is 12.1. The van der Waals surface area contributed by atoms with E-state index in [1.165, 1.54) is 5.56 Å². The average molecular weight is 274 g/mol. The predicted octanol–water partition coefficient (Wildman–Crippen LogP) is 1.72. The van der Waals surface area contributed by atoms with Crippen molar-refractivity contribution in [2.24, 2.45) is 5.92 Å². The van der Waals surface area contributed by atoms with Crippen molar-refractivity contribution in [3.63, 3.8) is 0 Å². The molecule has 0 unspecified atom stereocenters. The summed E-state index contributed by atoms with van der Waals surface area (Å²) in [6.07, 6.45) is 1.61. The van der Waals surface area contributed by atoms with Gasteiger partial charge in [-0.3, -0.25) is 0 Å². The Morgan fingerprint density at radius 1 is 1.15 bits per heavy atom. The van der Waals surface area contributed by atoms with E-state index < -0.39 is 0 Å². The summed E-state index contributed by atoms with van der Waals surface area (Å²) in [4.78, 5) is 4.28. The zero-order valence-corrected chi connectivity index (χ0v) is 12.1. The van der Waals surface area contributed by atoms with Crippen molar-refractivity contribution in [3.8, 4) is 0 Å². The molecule has 0 saturated carbocycles. The molecule has 0 atom stereocenters. The fourth-order valence-corrected chi connectivity index (χ4v) is 2.00. The van der Waals surface area contributed by atoms with E-state index >= 15 is 0 Å². The molecule has 108 valence electrons. The quantitative estimate of drug-likeness (QED) is 0.807. The first-order valence-electron chi connectivity index (χ1n) is 6.95. The second kappa shape index (κ2) is 7.17. The number of nitrogens with one attached hydrogen (secondary N) is 1. The van der Waals surface area contributed by atoms with E-state index in [-0.39, 0.29) is 6.61 Å². The fraction of sp³-hybridized carbons (Fsp3) is 0.467. The maximum atomic E-state index is 9.00. The van der Waals surface area contributed by atoms with Gasteiger partial charge in [-0.25, -0.2) is 9.67 Å². The smallest absolute Gasteiger partial charge is 0.140 e. The molecule has 1 aromatic heterocycles. The molecule has 0 bridgehead atoms. The van der Waals surface area contributed by atoms with Crippen LogP contribution in [0, 0.1) is 5.92 Å². The molecule has 0 aliphatic carbocycles. The number of aliphatic hydroxyl groups excluding tert-OH is 1. The van der Waals surface area contributed by atoms with Gasteiger partial charge >= 0.3 is 0 Å². The topological polar surface area (TPSA) is 63.0 Å². The molecule has 20 heavy (non-hydrogen) atoms. The van der Waals surface area contributed by atoms with Crippen molar-refractivity contribution >= 4 is 0 Å². The fourth-order valence-electron chi connectivity index (χ4n) is 2.00. The molecule has 5 heteroatoms. The van der Waals surface area contributed by atoms with E-state index in [1.807, 2.05) is 28.9 Å². The number of rotatable bonds is 7. The highest BCUT2D eigenvalue weighted by atomic mass is 16.3. The van der Waals surface area contributed by atoms with Crippen LogP contribution in [0.1, 0.15) is 30.8 Å². The van der Waals surface area contributed by atoms with E-state index in [9.17, 15) is 0 Å². The van der Waals surface area contributed by atoms with E-state index in [4.69, 9.17) is 5.11 Å². The maximum absolute atomic E-state index is 9.00. The van der Waals surface area contributed by atoms with Crippen LogP contribution in [-0.2, 0) is 26.2 Å². The van der Waals surface area contributed by atoms with Crippen molar-refractivity contribution in [2.45, 2.75) is 40.1 Å². The molecular weight excluding hydrogens is 252 g/mol. The van der Waals surface area contributed by atoms with Crippen LogP contribution in [0.4, 0.5) is 0 Å². The average Bonchev–Trinajstić information content (AvgIpc) is 2.86. The first kappa shape index (κ1) is 14.7. The van der Waals surface area contributed by atoms with Crippen LogP contribution in [0.15, 0.2) is 30.6 Å². The molecule has 0 saturated heterocycles. The third-order valence-corrected chi connectivity index (χ3v) is 3.05. The Bertz CT molecular complexity index is 519. The van der Waals surface area contributed by atoms with Crippen molar-refractivity contribution in [1.29, 1.82) is 0 Å². The predicted molar refractivity (Wildman–Crippen MR) is 77.8 cm³/mol. The van der Waals surface area contributed by atoms with Gasteiger partial charge in [0.1, 0.15) is 12.2 Å². The summed E-state index contributed by atoms with van der Waals surface area (Å²) >= 11 is 0. The SMILES string of the molecule is CC(C)Cn1ncnc1CNCc1ccc(CO)cc1. The molecule has 0 spiro atoms. The summed E-state index contributed by atoms with van der Waals surface area (Å²) < 4.78 is 1.95. The lowest BCUT2D eigenvalue weighted by molar-refractivity contribution is 0.282. The van der Waals surface area contributed by atoms with Gasteiger partial charge in [-0.2, -0.15) is 5.10 Å². The van der Waals surface area contributed by atoms with Crippen LogP contribution < -0.4 is 5.32 Å². The monoisotopic (exact) mass is 274 g/mol. The van der Waals surface area contributed by atoms with Gasteiger partial charge in [0.05, 0.1) is 13.2 Å². The highest BCUT2D eigenvalue weighted by molar-refractivity contribution is 5.21. The van der Waals surface area contributed by atoms with Gasteiger partial charge in [0.15, 0.2) is 0 Å².